The van der Waals surface area contributed by atoms with Crippen LogP contribution in [0.5, 0.6) is 0 Å². The smallest absolute Gasteiger partial charge is 0.256 e. The number of anilines is 2. The Morgan fingerprint density at radius 2 is 2.08 bits per heavy atom. The van der Waals surface area contributed by atoms with Crippen molar-refractivity contribution >= 4 is 23.2 Å². The highest BCUT2D eigenvalue weighted by molar-refractivity contribution is 6.10. The summed E-state index contributed by atoms with van der Waals surface area (Å²) in [4.78, 5) is 28.3. The molecule has 1 aromatic carbocycles. The van der Waals surface area contributed by atoms with Crippen LogP contribution in [0.15, 0.2) is 42.1 Å². The summed E-state index contributed by atoms with van der Waals surface area (Å²) >= 11 is 0. The van der Waals surface area contributed by atoms with Gasteiger partial charge in [-0.25, -0.2) is 0 Å². The van der Waals surface area contributed by atoms with E-state index in [9.17, 15) is 14.7 Å². The number of fused-ring (bicyclic) bond motifs is 1. The zero-order valence-corrected chi connectivity index (χ0v) is 15.8. The average molecular weight is 357 g/mol. The summed E-state index contributed by atoms with van der Waals surface area (Å²) in [7, 11) is 1.67. The molecule has 0 bridgehead atoms. The lowest BCUT2D eigenvalue weighted by atomic mass is 10.1. The number of amides is 2. The van der Waals surface area contributed by atoms with Crippen LogP contribution in [0.1, 0.15) is 37.6 Å². The third kappa shape index (κ3) is 4.32. The van der Waals surface area contributed by atoms with Gasteiger partial charge in [-0.3, -0.25) is 9.59 Å². The predicted octanol–water partition coefficient (Wildman–Crippen LogP) is 2.77. The minimum absolute atomic E-state index is 0.0392. The molecule has 1 unspecified atom stereocenters. The van der Waals surface area contributed by atoms with Gasteiger partial charge < -0.3 is 20.2 Å². The molecule has 0 fully saturated rings. The van der Waals surface area contributed by atoms with E-state index >= 15 is 0 Å². The van der Waals surface area contributed by atoms with Gasteiger partial charge in [-0.1, -0.05) is 19.1 Å². The molecule has 0 aromatic heterocycles. The molecular formula is C20H27N3O3. The number of aliphatic hydroxyl groups is 1. The number of nitrogens with zero attached hydrogens (tertiary/aromatic N) is 2. The van der Waals surface area contributed by atoms with Crippen molar-refractivity contribution in [3.05, 3.63) is 47.7 Å². The van der Waals surface area contributed by atoms with Crippen LogP contribution >= 0.6 is 0 Å². The van der Waals surface area contributed by atoms with Gasteiger partial charge in [-0.15, -0.1) is 0 Å². The zero-order chi connectivity index (χ0) is 19.3. The highest BCUT2D eigenvalue weighted by atomic mass is 16.3. The van der Waals surface area contributed by atoms with Crippen molar-refractivity contribution in [3.63, 3.8) is 0 Å². The number of allylic oxidation sites excluding steroid dienone is 3. The van der Waals surface area contributed by atoms with Crippen LogP contribution in [0, 0.1) is 0 Å². The van der Waals surface area contributed by atoms with Crippen LogP contribution < -0.4 is 10.2 Å². The Morgan fingerprint density at radius 1 is 1.35 bits per heavy atom. The van der Waals surface area contributed by atoms with Gasteiger partial charge in [-0.05, 0) is 44.5 Å². The van der Waals surface area contributed by atoms with Crippen LogP contribution in [0.25, 0.3) is 0 Å². The van der Waals surface area contributed by atoms with Crippen molar-refractivity contribution in [3.8, 4) is 0 Å². The van der Waals surface area contributed by atoms with E-state index in [0.717, 1.165) is 11.4 Å². The van der Waals surface area contributed by atoms with Gasteiger partial charge in [-0.2, -0.15) is 0 Å². The number of rotatable bonds is 6. The molecule has 0 aliphatic carbocycles. The van der Waals surface area contributed by atoms with Crippen molar-refractivity contribution in [1.29, 1.82) is 0 Å². The molecule has 6 heteroatoms. The lowest BCUT2D eigenvalue weighted by Gasteiger charge is -2.22. The molecule has 140 valence electrons. The molecule has 26 heavy (non-hydrogen) atoms. The molecule has 0 radical (unpaired) electrons. The zero-order valence-electron chi connectivity index (χ0n) is 15.8. The maximum Gasteiger partial charge on any atom is 0.256 e. The number of hydrogen-bond acceptors (Lipinski definition) is 4. The summed E-state index contributed by atoms with van der Waals surface area (Å²) in [6, 6.07) is 5.38. The van der Waals surface area contributed by atoms with Crippen molar-refractivity contribution in [2.75, 3.05) is 30.4 Å². The fraction of sp³-hybridized carbons (Fsp3) is 0.400. The monoisotopic (exact) mass is 357 g/mol. The maximum atomic E-state index is 13.0. The lowest BCUT2D eigenvalue weighted by molar-refractivity contribution is -0.119. The fourth-order valence-electron chi connectivity index (χ4n) is 2.81. The Labute approximate surface area is 154 Å². The van der Waals surface area contributed by atoms with Gasteiger partial charge >= 0.3 is 0 Å². The quantitative estimate of drug-likeness (QED) is 0.768. The van der Waals surface area contributed by atoms with Gasteiger partial charge in [0.2, 0.25) is 5.91 Å². The van der Waals surface area contributed by atoms with E-state index in [0.29, 0.717) is 17.7 Å². The van der Waals surface area contributed by atoms with Gasteiger partial charge in [0.05, 0.1) is 17.4 Å². The first-order valence-corrected chi connectivity index (χ1v) is 8.85. The number of carbonyl (C=O) groups is 2. The van der Waals surface area contributed by atoms with Gasteiger partial charge in [0.25, 0.3) is 5.91 Å². The molecule has 0 spiro atoms. The molecule has 1 aromatic rings. The summed E-state index contributed by atoms with van der Waals surface area (Å²) in [5.74, 6) is -0.425. The van der Waals surface area contributed by atoms with Crippen molar-refractivity contribution in [2.45, 2.75) is 33.3 Å². The van der Waals surface area contributed by atoms with E-state index < -0.39 is 6.10 Å². The number of hydrogen-bond donors (Lipinski definition) is 2. The fourth-order valence-corrected chi connectivity index (χ4v) is 2.81. The Morgan fingerprint density at radius 3 is 2.69 bits per heavy atom. The van der Waals surface area contributed by atoms with Crippen molar-refractivity contribution < 1.29 is 14.7 Å². The highest BCUT2D eigenvalue weighted by Crippen LogP contribution is 2.28. The van der Waals surface area contributed by atoms with E-state index in [-0.39, 0.29) is 24.9 Å². The van der Waals surface area contributed by atoms with Gasteiger partial charge in [0.15, 0.2) is 0 Å². The van der Waals surface area contributed by atoms with Crippen molar-refractivity contribution in [2.24, 2.45) is 0 Å². The first kappa shape index (κ1) is 19.7. The van der Waals surface area contributed by atoms with Crippen molar-refractivity contribution in [1.82, 2.24) is 4.90 Å². The summed E-state index contributed by atoms with van der Waals surface area (Å²) < 4.78 is 0. The third-order valence-corrected chi connectivity index (χ3v) is 4.42. The number of β-amino-alcohol motifs (C(OH)–C–C–N with tert-alkyl or cyclic N) is 1. The van der Waals surface area contributed by atoms with Gasteiger partial charge in [0, 0.05) is 25.0 Å². The van der Waals surface area contributed by atoms with Crippen LogP contribution in [-0.4, -0.2) is 48.1 Å². The summed E-state index contributed by atoms with van der Waals surface area (Å²) in [5, 5.41) is 13.2. The van der Waals surface area contributed by atoms with Crippen LogP contribution in [0.3, 0.4) is 0 Å². The first-order chi connectivity index (χ1) is 12.4. The molecular weight excluding hydrogens is 330 g/mol. The molecule has 1 heterocycles. The number of aliphatic hydroxyl groups excluding tert-OH is 1. The Hall–Kier alpha value is -2.60. The average Bonchev–Trinajstić information content (AvgIpc) is 2.72. The molecule has 0 saturated carbocycles. The molecule has 2 N–H and O–H groups in total. The van der Waals surface area contributed by atoms with E-state index in [4.69, 9.17) is 0 Å². The van der Waals surface area contributed by atoms with Crippen LogP contribution in [0.2, 0.25) is 0 Å². The normalized spacial score (nSPS) is 16.7. The van der Waals surface area contributed by atoms with E-state index in [1.54, 1.807) is 19.2 Å². The second-order valence-corrected chi connectivity index (χ2v) is 6.30. The molecule has 2 amide bonds. The first-order valence-electron chi connectivity index (χ1n) is 8.85. The number of nitrogens with one attached hydrogen (secondary N) is 1. The minimum atomic E-state index is -0.649. The standard InChI is InChI=1S/C20H27N3O3/c1-5-8-14(6-2)21-15-9-10-18-17(11-15)20(26)23(12-16(24)7-3)13-19(25)22(18)4/h5-6,8-11,16,21,24H,7,12-13H2,1-4H3/b8-5-,14-6+. The SMILES string of the molecule is C/C=C\C(=C/C)Nc1ccc2c(c1)C(=O)N(CC(O)CC)CC(=O)N2C. The topological polar surface area (TPSA) is 72.9 Å². The van der Waals surface area contributed by atoms with E-state index in [1.807, 2.05) is 45.1 Å². The lowest BCUT2D eigenvalue weighted by Crippen LogP contribution is -2.41. The number of likely N-dealkylation sites (N-methyl/N-ethyl adjacent to an activating group) is 1. The maximum absolute atomic E-state index is 13.0. The number of benzene rings is 1. The number of carbonyl (C=O) groups excluding carboxylic acids is 2. The second-order valence-electron chi connectivity index (χ2n) is 6.30. The van der Waals surface area contributed by atoms with Crippen LogP contribution in [0.4, 0.5) is 11.4 Å². The largest absolute Gasteiger partial charge is 0.391 e. The molecule has 6 nitrogen and oxygen atoms in total. The molecule has 0 saturated heterocycles. The highest BCUT2D eigenvalue weighted by Gasteiger charge is 2.30. The molecule has 2 rings (SSSR count). The second kappa shape index (κ2) is 8.67. The molecule has 1 atom stereocenters. The summed E-state index contributed by atoms with van der Waals surface area (Å²) in [6.07, 6.45) is 5.68. The Balaban J connectivity index is 2.41. The Kier molecular flexibility index (Phi) is 6.58. The summed E-state index contributed by atoms with van der Waals surface area (Å²) in [6.45, 7) is 5.81. The molecule has 1 aliphatic rings. The Bertz CT molecular complexity index is 740. The predicted molar refractivity (Wildman–Crippen MR) is 104 cm³/mol. The van der Waals surface area contributed by atoms with Gasteiger partial charge in [0.1, 0.15) is 6.54 Å². The van der Waals surface area contributed by atoms with E-state index in [2.05, 4.69) is 5.32 Å². The van der Waals surface area contributed by atoms with E-state index in [1.165, 1.54) is 9.80 Å². The summed E-state index contributed by atoms with van der Waals surface area (Å²) in [5.41, 5.74) is 2.70. The third-order valence-electron chi connectivity index (χ3n) is 4.42. The minimum Gasteiger partial charge on any atom is -0.391 e. The van der Waals surface area contributed by atoms with Crippen LogP contribution in [-0.2, 0) is 4.79 Å². The molecule has 1 aliphatic heterocycles.